The van der Waals surface area contributed by atoms with Crippen molar-refractivity contribution in [1.82, 2.24) is 5.32 Å². The minimum absolute atomic E-state index is 0.546. The molecule has 1 rings (SSSR count). The molecule has 0 saturated carbocycles. The number of benzene rings is 1. The number of aryl methyl sites for hydroxylation is 1. The standard InChI is InChI=1S/C11H15F2N3O/c1-8-2-4-9(5-3-8)16-10(17)15-7-11(12,13)6-14/h2-5H,6-7,14H2,1H3,(H2,15,16,17). The van der Waals surface area contributed by atoms with Gasteiger partial charge in [0.15, 0.2) is 0 Å². The molecule has 2 amide bonds. The summed E-state index contributed by atoms with van der Waals surface area (Å²) in [5, 5.41) is 4.50. The molecule has 0 radical (unpaired) electrons. The number of rotatable bonds is 4. The summed E-state index contributed by atoms with van der Waals surface area (Å²) < 4.78 is 25.5. The lowest BCUT2D eigenvalue weighted by Crippen LogP contribution is -2.43. The van der Waals surface area contributed by atoms with E-state index in [9.17, 15) is 13.6 Å². The molecule has 1 aromatic rings. The van der Waals surface area contributed by atoms with Gasteiger partial charge in [-0.3, -0.25) is 0 Å². The van der Waals surface area contributed by atoms with Crippen molar-refractivity contribution in [2.75, 3.05) is 18.4 Å². The van der Waals surface area contributed by atoms with Crippen LogP contribution in [-0.2, 0) is 0 Å². The molecule has 4 N–H and O–H groups in total. The first-order valence-corrected chi connectivity index (χ1v) is 5.12. The highest BCUT2D eigenvalue weighted by Gasteiger charge is 2.27. The summed E-state index contributed by atoms with van der Waals surface area (Å²) in [6.07, 6.45) is 0. The van der Waals surface area contributed by atoms with Crippen molar-refractivity contribution >= 4 is 11.7 Å². The van der Waals surface area contributed by atoms with Crippen molar-refractivity contribution in [2.45, 2.75) is 12.8 Å². The molecule has 0 atom stereocenters. The number of carbonyl (C=O) groups is 1. The molecule has 0 aromatic heterocycles. The first-order chi connectivity index (χ1) is 7.93. The topological polar surface area (TPSA) is 67.2 Å². The first kappa shape index (κ1) is 13.4. The van der Waals surface area contributed by atoms with Crippen LogP contribution in [0.1, 0.15) is 5.56 Å². The quantitative estimate of drug-likeness (QED) is 0.753. The molecule has 17 heavy (non-hydrogen) atoms. The van der Waals surface area contributed by atoms with E-state index in [1.165, 1.54) is 0 Å². The van der Waals surface area contributed by atoms with E-state index in [4.69, 9.17) is 5.73 Å². The SMILES string of the molecule is Cc1ccc(NC(=O)NCC(F)(F)CN)cc1. The molecule has 0 aliphatic carbocycles. The number of hydrogen-bond acceptors (Lipinski definition) is 2. The van der Waals surface area contributed by atoms with Crippen LogP contribution in [-0.4, -0.2) is 25.0 Å². The summed E-state index contributed by atoms with van der Waals surface area (Å²) in [6, 6.07) is 6.32. The fourth-order valence-electron chi connectivity index (χ4n) is 1.09. The molecule has 0 aliphatic heterocycles. The first-order valence-electron chi connectivity index (χ1n) is 5.12. The van der Waals surface area contributed by atoms with E-state index in [0.29, 0.717) is 5.69 Å². The van der Waals surface area contributed by atoms with E-state index in [0.717, 1.165) is 5.56 Å². The molecule has 1 aromatic carbocycles. The Hall–Kier alpha value is -1.69. The smallest absolute Gasteiger partial charge is 0.319 e. The molecular formula is C11H15F2N3O. The average molecular weight is 243 g/mol. The van der Waals surface area contributed by atoms with E-state index >= 15 is 0 Å². The van der Waals surface area contributed by atoms with E-state index in [1.807, 2.05) is 19.1 Å². The average Bonchev–Trinajstić information content (AvgIpc) is 2.30. The zero-order chi connectivity index (χ0) is 12.9. The minimum Gasteiger partial charge on any atom is -0.332 e. The van der Waals surface area contributed by atoms with Crippen LogP contribution in [0.15, 0.2) is 24.3 Å². The number of alkyl halides is 2. The highest BCUT2D eigenvalue weighted by molar-refractivity contribution is 5.89. The van der Waals surface area contributed by atoms with Crippen LogP contribution in [0.25, 0.3) is 0 Å². The number of carbonyl (C=O) groups excluding carboxylic acids is 1. The number of amides is 2. The molecule has 4 nitrogen and oxygen atoms in total. The summed E-state index contributed by atoms with van der Waals surface area (Å²) >= 11 is 0. The summed E-state index contributed by atoms with van der Waals surface area (Å²) in [7, 11) is 0. The molecule has 0 saturated heterocycles. The monoisotopic (exact) mass is 243 g/mol. The molecule has 94 valence electrons. The summed E-state index contributed by atoms with van der Waals surface area (Å²) in [5.41, 5.74) is 6.43. The Morgan fingerprint density at radius 3 is 2.47 bits per heavy atom. The van der Waals surface area contributed by atoms with Crippen LogP contribution < -0.4 is 16.4 Å². The van der Waals surface area contributed by atoms with Crippen LogP contribution >= 0.6 is 0 Å². The second kappa shape index (κ2) is 5.58. The van der Waals surface area contributed by atoms with E-state index in [-0.39, 0.29) is 0 Å². The van der Waals surface area contributed by atoms with Gasteiger partial charge in [0.2, 0.25) is 0 Å². The Labute approximate surface area is 98.2 Å². The Bertz CT molecular complexity index is 379. The van der Waals surface area contributed by atoms with Gasteiger partial charge in [-0.1, -0.05) is 17.7 Å². The van der Waals surface area contributed by atoms with Crippen molar-refractivity contribution < 1.29 is 13.6 Å². The Balaban J connectivity index is 2.42. The van der Waals surface area contributed by atoms with Gasteiger partial charge in [-0.2, -0.15) is 0 Å². The third-order valence-electron chi connectivity index (χ3n) is 2.12. The maximum atomic E-state index is 12.7. The number of urea groups is 1. The van der Waals surface area contributed by atoms with Gasteiger partial charge >= 0.3 is 6.03 Å². The van der Waals surface area contributed by atoms with Crippen molar-refractivity contribution in [3.05, 3.63) is 29.8 Å². The van der Waals surface area contributed by atoms with Gasteiger partial charge in [-0.15, -0.1) is 0 Å². The lowest BCUT2D eigenvalue weighted by molar-refractivity contribution is 0.0148. The van der Waals surface area contributed by atoms with Gasteiger partial charge in [0.1, 0.15) is 0 Å². The molecular weight excluding hydrogens is 228 g/mol. The lowest BCUT2D eigenvalue weighted by atomic mass is 10.2. The maximum Gasteiger partial charge on any atom is 0.319 e. The van der Waals surface area contributed by atoms with Crippen LogP contribution in [0.3, 0.4) is 0 Å². The number of nitrogens with one attached hydrogen (secondary N) is 2. The van der Waals surface area contributed by atoms with E-state index in [2.05, 4.69) is 10.6 Å². The Morgan fingerprint density at radius 1 is 1.35 bits per heavy atom. The van der Waals surface area contributed by atoms with E-state index < -0.39 is 25.0 Å². The molecule has 0 heterocycles. The van der Waals surface area contributed by atoms with Gasteiger partial charge in [-0.05, 0) is 19.1 Å². The van der Waals surface area contributed by atoms with Crippen molar-refractivity contribution in [3.63, 3.8) is 0 Å². The molecule has 6 heteroatoms. The lowest BCUT2D eigenvalue weighted by Gasteiger charge is -2.14. The van der Waals surface area contributed by atoms with Crippen LogP contribution in [0.4, 0.5) is 19.3 Å². The molecule has 0 unspecified atom stereocenters. The normalized spacial score (nSPS) is 11.1. The zero-order valence-electron chi connectivity index (χ0n) is 9.47. The largest absolute Gasteiger partial charge is 0.332 e. The predicted molar refractivity (Wildman–Crippen MR) is 62.2 cm³/mol. The molecule has 0 aliphatic rings. The highest BCUT2D eigenvalue weighted by Crippen LogP contribution is 2.10. The highest BCUT2D eigenvalue weighted by atomic mass is 19.3. The van der Waals surface area contributed by atoms with Crippen molar-refractivity contribution in [1.29, 1.82) is 0 Å². The molecule has 0 spiro atoms. The number of anilines is 1. The van der Waals surface area contributed by atoms with Crippen LogP contribution in [0, 0.1) is 6.92 Å². The summed E-state index contributed by atoms with van der Waals surface area (Å²) in [5.74, 6) is -3.08. The molecule has 0 fully saturated rings. The van der Waals surface area contributed by atoms with Crippen LogP contribution in [0.5, 0.6) is 0 Å². The van der Waals surface area contributed by atoms with Crippen LogP contribution in [0.2, 0.25) is 0 Å². The maximum absolute atomic E-state index is 12.7. The summed E-state index contributed by atoms with van der Waals surface area (Å²) in [6.45, 7) is 0.338. The number of halogens is 2. The predicted octanol–water partition coefficient (Wildman–Crippen LogP) is 1.71. The number of hydrogen-bond donors (Lipinski definition) is 3. The fourth-order valence-corrected chi connectivity index (χ4v) is 1.09. The van der Waals surface area contributed by atoms with Gasteiger partial charge in [0, 0.05) is 5.69 Å². The third kappa shape index (κ3) is 4.78. The second-order valence-corrected chi connectivity index (χ2v) is 3.73. The summed E-state index contributed by atoms with van der Waals surface area (Å²) in [4.78, 5) is 11.3. The Kier molecular flexibility index (Phi) is 4.39. The minimum atomic E-state index is -3.08. The van der Waals surface area contributed by atoms with Gasteiger partial charge in [0.05, 0.1) is 13.1 Å². The number of nitrogens with two attached hydrogens (primary N) is 1. The fraction of sp³-hybridized carbons (Fsp3) is 0.364. The Morgan fingerprint density at radius 2 is 1.94 bits per heavy atom. The van der Waals surface area contributed by atoms with Crippen molar-refractivity contribution in [2.24, 2.45) is 5.73 Å². The third-order valence-corrected chi connectivity index (χ3v) is 2.12. The zero-order valence-corrected chi connectivity index (χ0v) is 9.47. The second-order valence-electron chi connectivity index (χ2n) is 3.73. The van der Waals surface area contributed by atoms with E-state index in [1.54, 1.807) is 12.1 Å². The van der Waals surface area contributed by atoms with Gasteiger partial charge < -0.3 is 16.4 Å². The van der Waals surface area contributed by atoms with Crippen molar-refractivity contribution in [3.8, 4) is 0 Å². The molecule has 0 bridgehead atoms. The van der Waals surface area contributed by atoms with Gasteiger partial charge in [-0.25, -0.2) is 13.6 Å². The van der Waals surface area contributed by atoms with Gasteiger partial charge in [0.25, 0.3) is 5.92 Å².